The van der Waals surface area contributed by atoms with Gasteiger partial charge >= 0.3 is 0 Å². The summed E-state index contributed by atoms with van der Waals surface area (Å²) in [7, 11) is 0. The number of benzene rings is 1. The number of nitrogens with one attached hydrogen (secondary N) is 1. The standard InChI is InChI=1S/C13H14BrNO3/c14-8-1-6-11(12(17)7-8)13(18)15-9-2-4-10(16)5-3-9/h1,6-7,9,17H,2-5H2,(H,15,18). The summed E-state index contributed by atoms with van der Waals surface area (Å²) < 4.78 is 0.722. The Kier molecular flexibility index (Phi) is 4.01. The van der Waals surface area contributed by atoms with Crippen LogP contribution in [0.4, 0.5) is 0 Å². The van der Waals surface area contributed by atoms with Gasteiger partial charge in [-0.15, -0.1) is 0 Å². The van der Waals surface area contributed by atoms with Gasteiger partial charge in [-0.25, -0.2) is 0 Å². The molecule has 0 spiro atoms. The van der Waals surface area contributed by atoms with Gasteiger partial charge in [0, 0.05) is 23.4 Å². The smallest absolute Gasteiger partial charge is 0.255 e. The van der Waals surface area contributed by atoms with Crippen LogP contribution in [0.5, 0.6) is 5.75 Å². The number of Topliss-reactive ketones (excluding diaryl/α,β-unsaturated/α-hetero) is 1. The highest BCUT2D eigenvalue weighted by Gasteiger charge is 2.21. The van der Waals surface area contributed by atoms with Crippen LogP contribution in [0.2, 0.25) is 0 Å². The number of amides is 1. The van der Waals surface area contributed by atoms with Crippen molar-refractivity contribution in [2.45, 2.75) is 31.7 Å². The van der Waals surface area contributed by atoms with Gasteiger partial charge in [0.15, 0.2) is 0 Å². The lowest BCUT2D eigenvalue weighted by Gasteiger charge is -2.22. The van der Waals surface area contributed by atoms with Crippen LogP contribution < -0.4 is 5.32 Å². The Hall–Kier alpha value is -1.36. The van der Waals surface area contributed by atoms with Crippen molar-refractivity contribution in [1.29, 1.82) is 0 Å². The van der Waals surface area contributed by atoms with E-state index < -0.39 is 0 Å². The van der Waals surface area contributed by atoms with E-state index in [2.05, 4.69) is 21.2 Å². The first-order valence-electron chi connectivity index (χ1n) is 5.87. The molecule has 1 aromatic carbocycles. The lowest BCUT2D eigenvalue weighted by molar-refractivity contribution is -0.120. The number of aromatic hydroxyl groups is 1. The molecule has 0 heterocycles. The molecule has 18 heavy (non-hydrogen) atoms. The van der Waals surface area contributed by atoms with Crippen molar-refractivity contribution in [3.05, 3.63) is 28.2 Å². The zero-order chi connectivity index (χ0) is 13.1. The van der Waals surface area contributed by atoms with E-state index in [0.29, 0.717) is 25.7 Å². The SMILES string of the molecule is O=C1CCC(NC(=O)c2ccc(Br)cc2O)CC1. The quantitative estimate of drug-likeness (QED) is 0.881. The summed E-state index contributed by atoms with van der Waals surface area (Å²) in [4.78, 5) is 23.1. The predicted molar refractivity (Wildman–Crippen MR) is 70.5 cm³/mol. The molecule has 2 N–H and O–H groups in total. The molecule has 2 rings (SSSR count). The zero-order valence-corrected chi connectivity index (χ0v) is 11.4. The Bertz CT molecular complexity index is 477. The van der Waals surface area contributed by atoms with E-state index in [1.165, 1.54) is 6.07 Å². The molecule has 0 aromatic heterocycles. The number of phenols is 1. The summed E-state index contributed by atoms with van der Waals surface area (Å²) in [5.41, 5.74) is 0.259. The third kappa shape index (κ3) is 3.10. The lowest BCUT2D eigenvalue weighted by Crippen LogP contribution is -2.37. The monoisotopic (exact) mass is 311 g/mol. The Morgan fingerprint density at radius 2 is 2.00 bits per heavy atom. The Labute approximate surface area is 114 Å². The molecule has 0 radical (unpaired) electrons. The van der Waals surface area contributed by atoms with Gasteiger partial charge in [-0.05, 0) is 31.0 Å². The molecule has 1 aromatic rings. The summed E-state index contributed by atoms with van der Waals surface area (Å²) in [6.07, 6.45) is 2.41. The maximum Gasteiger partial charge on any atom is 0.255 e. The molecule has 0 bridgehead atoms. The minimum absolute atomic E-state index is 0.0262. The molecule has 1 aliphatic carbocycles. The third-order valence-corrected chi connectivity index (χ3v) is 3.58. The summed E-state index contributed by atoms with van der Waals surface area (Å²) in [6, 6.07) is 4.79. The van der Waals surface area contributed by atoms with Crippen molar-refractivity contribution in [3.8, 4) is 5.75 Å². The molecule has 1 saturated carbocycles. The van der Waals surface area contributed by atoms with E-state index in [1.54, 1.807) is 12.1 Å². The molecule has 4 nitrogen and oxygen atoms in total. The van der Waals surface area contributed by atoms with Crippen LogP contribution in [0.15, 0.2) is 22.7 Å². The molecule has 0 atom stereocenters. The molecular weight excluding hydrogens is 298 g/mol. The highest BCUT2D eigenvalue weighted by atomic mass is 79.9. The number of hydrogen-bond acceptors (Lipinski definition) is 3. The molecule has 1 aliphatic rings. The van der Waals surface area contributed by atoms with Gasteiger partial charge in [-0.2, -0.15) is 0 Å². The maximum atomic E-state index is 12.0. The number of hydrogen-bond donors (Lipinski definition) is 2. The highest BCUT2D eigenvalue weighted by Crippen LogP contribution is 2.23. The van der Waals surface area contributed by atoms with Crippen LogP contribution in [0.25, 0.3) is 0 Å². The number of halogens is 1. The predicted octanol–water partition coefficient (Wildman–Crippen LogP) is 2.40. The number of ketones is 1. The van der Waals surface area contributed by atoms with Gasteiger partial charge in [0.05, 0.1) is 5.56 Å². The topological polar surface area (TPSA) is 66.4 Å². The minimum atomic E-state index is -0.292. The second kappa shape index (κ2) is 5.52. The Morgan fingerprint density at radius 1 is 1.33 bits per heavy atom. The van der Waals surface area contributed by atoms with E-state index in [4.69, 9.17) is 0 Å². The molecule has 5 heteroatoms. The van der Waals surface area contributed by atoms with E-state index >= 15 is 0 Å². The molecule has 0 aliphatic heterocycles. The molecule has 0 saturated heterocycles. The summed E-state index contributed by atoms with van der Waals surface area (Å²) in [5, 5.41) is 12.5. The summed E-state index contributed by atoms with van der Waals surface area (Å²) in [5.74, 6) is -0.0832. The minimum Gasteiger partial charge on any atom is -0.507 e. The van der Waals surface area contributed by atoms with Gasteiger partial charge in [0.1, 0.15) is 11.5 Å². The summed E-state index contributed by atoms with van der Waals surface area (Å²) >= 11 is 3.22. The van der Waals surface area contributed by atoms with E-state index in [9.17, 15) is 14.7 Å². The number of carbonyl (C=O) groups excluding carboxylic acids is 2. The van der Waals surface area contributed by atoms with Crippen molar-refractivity contribution in [3.63, 3.8) is 0 Å². The fraction of sp³-hybridized carbons (Fsp3) is 0.385. The molecule has 0 unspecified atom stereocenters. The average Bonchev–Trinajstić information content (AvgIpc) is 2.32. The highest BCUT2D eigenvalue weighted by molar-refractivity contribution is 9.10. The number of carbonyl (C=O) groups is 2. The van der Waals surface area contributed by atoms with Crippen molar-refractivity contribution in [2.75, 3.05) is 0 Å². The van der Waals surface area contributed by atoms with E-state index in [0.717, 1.165) is 4.47 Å². The van der Waals surface area contributed by atoms with Crippen LogP contribution >= 0.6 is 15.9 Å². The van der Waals surface area contributed by atoms with Gasteiger partial charge in [-0.3, -0.25) is 9.59 Å². The normalized spacial score (nSPS) is 16.6. The van der Waals surface area contributed by atoms with Crippen molar-refractivity contribution >= 4 is 27.6 Å². The van der Waals surface area contributed by atoms with Gasteiger partial charge in [0.25, 0.3) is 5.91 Å². The number of rotatable bonds is 2. The number of phenolic OH excluding ortho intramolecular Hbond substituents is 1. The van der Waals surface area contributed by atoms with Gasteiger partial charge in [0.2, 0.25) is 0 Å². The zero-order valence-electron chi connectivity index (χ0n) is 9.78. The van der Waals surface area contributed by atoms with Crippen LogP contribution in [-0.4, -0.2) is 22.8 Å². The fourth-order valence-corrected chi connectivity index (χ4v) is 2.39. The van der Waals surface area contributed by atoms with Crippen LogP contribution in [0, 0.1) is 0 Å². The molecule has 1 fully saturated rings. The maximum absolute atomic E-state index is 12.0. The molecular formula is C13H14BrNO3. The Morgan fingerprint density at radius 3 is 2.61 bits per heavy atom. The van der Waals surface area contributed by atoms with Crippen molar-refractivity contribution in [1.82, 2.24) is 5.32 Å². The third-order valence-electron chi connectivity index (χ3n) is 3.08. The van der Waals surface area contributed by atoms with Gasteiger partial charge in [-0.1, -0.05) is 15.9 Å². The van der Waals surface area contributed by atoms with E-state index in [-0.39, 0.29) is 29.0 Å². The van der Waals surface area contributed by atoms with Crippen LogP contribution in [-0.2, 0) is 4.79 Å². The van der Waals surface area contributed by atoms with Gasteiger partial charge < -0.3 is 10.4 Å². The lowest BCUT2D eigenvalue weighted by atomic mass is 9.94. The van der Waals surface area contributed by atoms with Crippen LogP contribution in [0.3, 0.4) is 0 Å². The second-order valence-electron chi connectivity index (χ2n) is 4.45. The van der Waals surface area contributed by atoms with E-state index in [1.807, 2.05) is 0 Å². The average molecular weight is 312 g/mol. The Balaban J connectivity index is 2.01. The summed E-state index contributed by atoms with van der Waals surface area (Å²) in [6.45, 7) is 0. The first kappa shape index (κ1) is 13.1. The second-order valence-corrected chi connectivity index (χ2v) is 5.36. The largest absolute Gasteiger partial charge is 0.507 e. The molecule has 1 amide bonds. The van der Waals surface area contributed by atoms with Crippen molar-refractivity contribution < 1.29 is 14.7 Å². The van der Waals surface area contributed by atoms with Crippen LogP contribution in [0.1, 0.15) is 36.0 Å². The molecule has 96 valence electrons. The van der Waals surface area contributed by atoms with Crippen molar-refractivity contribution in [2.24, 2.45) is 0 Å². The fourth-order valence-electron chi connectivity index (χ4n) is 2.04. The first-order chi connectivity index (χ1) is 8.56. The first-order valence-corrected chi connectivity index (χ1v) is 6.66.